The quantitative estimate of drug-likeness (QED) is 0.667. The second-order valence-electron chi connectivity index (χ2n) is 3.08. The second kappa shape index (κ2) is 5.98. The first-order valence-corrected chi connectivity index (χ1v) is 4.76. The molecule has 1 heterocycles. The summed E-state index contributed by atoms with van der Waals surface area (Å²) in [5.74, 6) is 1.54. The van der Waals surface area contributed by atoms with E-state index in [1.54, 1.807) is 6.08 Å². The summed E-state index contributed by atoms with van der Waals surface area (Å²) in [4.78, 5) is 10.0. The fourth-order valence-corrected chi connectivity index (χ4v) is 1.09. The van der Waals surface area contributed by atoms with Crippen molar-refractivity contribution in [3.8, 4) is 0 Å². The van der Waals surface area contributed by atoms with Crippen LogP contribution in [0.2, 0.25) is 0 Å². The number of nitrogens with one attached hydrogen (secondary N) is 1. The van der Waals surface area contributed by atoms with E-state index in [-0.39, 0.29) is 6.61 Å². The number of aromatic nitrogens is 2. The molecule has 0 unspecified atom stereocenters. The molecule has 2 N–H and O–H groups in total. The Kier molecular flexibility index (Phi) is 4.56. The summed E-state index contributed by atoms with van der Waals surface area (Å²) in [6.45, 7) is 4.94. The Bertz CT molecular complexity index is 316. The third-order valence-corrected chi connectivity index (χ3v) is 1.91. The number of hydrogen-bond acceptors (Lipinski definition) is 5. The molecule has 0 amide bonds. The minimum absolute atomic E-state index is 0.107. The van der Waals surface area contributed by atoms with Gasteiger partial charge in [-0.05, 0) is 0 Å². The Hall–Kier alpha value is -1.62. The van der Waals surface area contributed by atoms with Crippen LogP contribution < -0.4 is 10.2 Å². The van der Waals surface area contributed by atoms with Gasteiger partial charge in [-0.3, -0.25) is 0 Å². The fraction of sp³-hybridized carbons (Fsp3) is 0.400. The van der Waals surface area contributed by atoms with E-state index in [1.807, 2.05) is 18.0 Å². The standard InChI is InChI=1S/C10H16N4O/c1-3-4-11-9-7-10(13-8-12-9)14(2)5-6-15/h3,7-8,15H,1,4-6H2,2H3,(H,11,12,13). The molecule has 5 heteroatoms. The zero-order valence-electron chi connectivity index (χ0n) is 8.85. The lowest BCUT2D eigenvalue weighted by molar-refractivity contribution is 0.304. The lowest BCUT2D eigenvalue weighted by atomic mass is 10.4. The predicted octanol–water partition coefficient (Wildman–Crippen LogP) is 0.503. The molecule has 0 aromatic carbocycles. The molecule has 0 fully saturated rings. The molecule has 0 aliphatic heterocycles. The van der Waals surface area contributed by atoms with E-state index in [0.717, 1.165) is 11.6 Å². The molecule has 0 saturated heterocycles. The van der Waals surface area contributed by atoms with Crippen molar-refractivity contribution in [1.29, 1.82) is 0 Å². The largest absolute Gasteiger partial charge is 0.395 e. The van der Waals surface area contributed by atoms with Gasteiger partial charge >= 0.3 is 0 Å². The molecule has 1 aromatic heterocycles. The normalized spacial score (nSPS) is 9.73. The van der Waals surface area contributed by atoms with Gasteiger partial charge in [0.2, 0.25) is 0 Å². The molecule has 82 valence electrons. The predicted molar refractivity (Wildman–Crippen MR) is 61.1 cm³/mol. The van der Waals surface area contributed by atoms with Crippen LogP contribution in [0.25, 0.3) is 0 Å². The number of likely N-dealkylation sites (N-methyl/N-ethyl adjacent to an activating group) is 1. The van der Waals surface area contributed by atoms with E-state index in [1.165, 1.54) is 6.33 Å². The third-order valence-electron chi connectivity index (χ3n) is 1.91. The molecular weight excluding hydrogens is 192 g/mol. The van der Waals surface area contributed by atoms with Crippen molar-refractivity contribution < 1.29 is 5.11 Å². The lowest BCUT2D eigenvalue weighted by Crippen LogP contribution is -2.22. The first kappa shape index (κ1) is 11.5. The summed E-state index contributed by atoms with van der Waals surface area (Å²) < 4.78 is 0. The Balaban J connectivity index is 2.68. The van der Waals surface area contributed by atoms with E-state index in [0.29, 0.717) is 13.1 Å². The molecule has 0 saturated carbocycles. The molecule has 5 nitrogen and oxygen atoms in total. The van der Waals surface area contributed by atoms with Gasteiger partial charge in [0.1, 0.15) is 18.0 Å². The minimum atomic E-state index is 0.107. The maximum Gasteiger partial charge on any atom is 0.133 e. The van der Waals surface area contributed by atoms with Gasteiger partial charge in [-0.25, -0.2) is 9.97 Å². The zero-order valence-corrected chi connectivity index (χ0v) is 8.85. The van der Waals surface area contributed by atoms with E-state index in [2.05, 4.69) is 21.9 Å². The van der Waals surface area contributed by atoms with Gasteiger partial charge in [-0.15, -0.1) is 6.58 Å². The smallest absolute Gasteiger partial charge is 0.133 e. The van der Waals surface area contributed by atoms with Crippen LogP contribution in [0.1, 0.15) is 0 Å². The van der Waals surface area contributed by atoms with Crippen LogP contribution >= 0.6 is 0 Å². The van der Waals surface area contributed by atoms with Crippen LogP contribution in [-0.4, -0.2) is 41.8 Å². The topological polar surface area (TPSA) is 61.3 Å². The molecule has 1 aromatic rings. The maximum absolute atomic E-state index is 8.79. The molecular formula is C10H16N4O. The lowest BCUT2D eigenvalue weighted by Gasteiger charge is -2.16. The molecule has 0 aliphatic carbocycles. The van der Waals surface area contributed by atoms with Gasteiger partial charge in [0, 0.05) is 26.2 Å². The van der Waals surface area contributed by atoms with E-state index < -0.39 is 0 Å². The van der Waals surface area contributed by atoms with Crippen molar-refractivity contribution >= 4 is 11.6 Å². The molecule has 1 rings (SSSR count). The highest BCUT2D eigenvalue weighted by atomic mass is 16.3. The Morgan fingerprint density at radius 3 is 3.07 bits per heavy atom. The highest BCUT2D eigenvalue weighted by Crippen LogP contribution is 2.11. The van der Waals surface area contributed by atoms with Gasteiger partial charge in [0.25, 0.3) is 0 Å². The van der Waals surface area contributed by atoms with Gasteiger partial charge in [-0.2, -0.15) is 0 Å². The van der Waals surface area contributed by atoms with Crippen LogP contribution in [0, 0.1) is 0 Å². The van der Waals surface area contributed by atoms with E-state index in [9.17, 15) is 0 Å². The maximum atomic E-state index is 8.79. The molecule has 0 atom stereocenters. The van der Waals surface area contributed by atoms with Crippen LogP contribution in [-0.2, 0) is 0 Å². The third kappa shape index (κ3) is 3.55. The van der Waals surface area contributed by atoms with Crippen molar-refractivity contribution in [1.82, 2.24) is 9.97 Å². The average Bonchev–Trinajstić information content (AvgIpc) is 2.27. The van der Waals surface area contributed by atoms with Crippen LogP contribution in [0.5, 0.6) is 0 Å². The molecule has 15 heavy (non-hydrogen) atoms. The summed E-state index contributed by atoms with van der Waals surface area (Å²) in [6, 6.07) is 1.83. The number of anilines is 2. The Morgan fingerprint density at radius 2 is 2.40 bits per heavy atom. The molecule has 0 bridgehead atoms. The minimum Gasteiger partial charge on any atom is -0.395 e. The summed E-state index contributed by atoms with van der Waals surface area (Å²) in [5.41, 5.74) is 0. The van der Waals surface area contributed by atoms with E-state index in [4.69, 9.17) is 5.11 Å². The fourth-order valence-electron chi connectivity index (χ4n) is 1.09. The first-order valence-electron chi connectivity index (χ1n) is 4.76. The zero-order chi connectivity index (χ0) is 11.1. The summed E-state index contributed by atoms with van der Waals surface area (Å²) >= 11 is 0. The highest BCUT2D eigenvalue weighted by Gasteiger charge is 2.02. The number of nitrogens with zero attached hydrogens (tertiary/aromatic N) is 3. The second-order valence-corrected chi connectivity index (χ2v) is 3.08. The molecule has 0 radical (unpaired) electrons. The summed E-state index contributed by atoms with van der Waals surface area (Å²) in [5, 5.41) is 11.9. The summed E-state index contributed by atoms with van der Waals surface area (Å²) in [7, 11) is 1.87. The van der Waals surface area contributed by atoms with Crippen molar-refractivity contribution in [3.05, 3.63) is 25.0 Å². The van der Waals surface area contributed by atoms with Crippen molar-refractivity contribution in [2.75, 3.05) is 37.0 Å². The van der Waals surface area contributed by atoms with Crippen molar-refractivity contribution in [2.45, 2.75) is 0 Å². The SMILES string of the molecule is C=CCNc1cc(N(C)CCO)ncn1. The van der Waals surface area contributed by atoms with Crippen molar-refractivity contribution in [2.24, 2.45) is 0 Å². The average molecular weight is 208 g/mol. The number of aliphatic hydroxyl groups excluding tert-OH is 1. The van der Waals surface area contributed by atoms with Gasteiger partial charge in [0.05, 0.1) is 6.61 Å². The van der Waals surface area contributed by atoms with Gasteiger partial charge in [0.15, 0.2) is 0 Å². The van der Waals surface area contributed by atoms with Crippen LogP contribution in [0.15, 0.2) is 25.0 Å². The van der Waals surface area contributed by atoms with Crippen LogP contribution in [0.3, 0.4) is 0 Å². The summed E-state index contributed by atoms with van der Waals surface area (Å²) in [6.07, 6.45) is 3.26. The van der Waals surface area contributed by atoms with Gasteiger partial charge < -0.3 is 15.3 Å². The van der Waals surface area contributed by atoms with Crippen molar-refractivity contribution in [3.63, 3.8) is 0 Å². The monoisotopic (exact) mass is 208 g/mol. The Labute approximate surface area is 89.5 Å². The molecule has 0 spiro atoms. The number of aliphatic hydroxyl groups is 1. The Morgan fingerprint density at radius 1 is 1.60 bits per heavy atom. The number of hydrogen-bond donors (Lipinski definition) is 2. The van der Waals surface area contributed by atoms with E-state index >= 15 is 0 Å². The first-order chi connectivity index (χ1) is 7.27. The van der Waals surface area contributed by atoms with Gasteiger partial charge in [-0.1, -0.05) is 6.08 Å². The molecule has 0 aliphatic rings. The number of rotatable bonds is 6. The highest BCUT2D eigenvalue weighted by molar-refractivity contribution is 5.48. The van der Waals surface area contributed by atoms with Crippen LogP contribution in [0.4, 0.5) is 11.6 Å².